The number of nitrogens with one attached hydrogen (secondary N) is 2. The van der Waals surface area contributed by atoms with E-state index in [1.165, 1.54) is 0 Å². The molecule has 0 bridgehead atoms. The molecule has 0 saturated heterocycles. The van der Waals surface area contributed by atoms with Crippen LogP contribution in [0.1, 0.15) is 11.4 Å². The molecule has 0 spiro atoms. The SMILES string of the molecule is O=C(Nc1n[nH]c(C(F)(F)F)n1)C1Cc2cc(Cl)ccc2O1. The first-order valence-corrected chi connectivity index (χ1v) is 6.46. The first-order chi connectivity index (χ1) is 10.3. The van der Waals surface area contributed by atoms with E-state index in [2.05, 4.69) is 15.4 Å². The van der Waals surface area contributed by atoms with Crippen LogP contribution in [-0.4, -0.2) is 27.2 Å². The molecule has 22 heavy (non-hydrogen) atoms. The maximum atomic E-state index is 12.4. The number of alkyl halides is 3. The second-order valence-corrected chi connectivity index (χ2v) is 4.99. The molecule has 0 aliphatic carbocycles. The normalized spacial score (nSPS) is 17.0. The van der Waals surface area contributed by atoms with Gasteiger partial charge < -0.3 is 4.74 Å². The number of H-pyrrole nitrogens is 1. The number of halogens is 4. The van der Waals surface area contributed by atoms with Gasteiger partial charge in [-0.3, -0.25) is 15.2 Å². The average Bonchev–Trinajstić information content (AvgIpc) is 3.03. The molecule has 1 unspecified atom stereocenters. The lowest BCUT2D eigenvalue weighted by molar-refractivity contribution is -0.144. The molecule has 2 N–H and O–H groups in total. The molecule has 1 aliphatic rings. The number of aromatic amines is 1. The van der Waals surface area contributed by atoms with Crippen LogP contribution in [0.5, 0.6) is 5.75 Å². The Labute approximate surface area is 126 Å². The van der Waals surface area contributed by atoms with E-state index in [0.717, 1.165) is 5.56 Å². The van der Waals surface area contributed by atoms with E-state index < -0.39 is 30.0 Å². The second kappa shape index (κ2) is 5.16. The van der Waals surface area contributed by atoms with Crippen LogP contribution < -0.4 is 10.1 Å². The minimum atomic E-state index is -4.66. The van der Waals surface area contributed by atoms with E-state index in [1.807, 2.05) is 0 Å². The third kappa shape index (κ3) is 2.84. The minimum Gasteiger partial charge on any atom is -0.480 e. The lowest BCUT2D eigenvalue weighted by Crippen LogP contribution is -2.31. The first-order valence-electron chi connectivity index (χ1n) is 6.08. The van der Waals surface area contributed by atoms with Crippen molar-refractivity contribution >= 4 is 23.5 Å². The summed E-state index contributed by atoms with van der Waals surface area (Å²) in [4.78, 5) is 15.1. The Morgan fingerprint density at radius 1 is 1.45 bits per heavy atom. The predicted octanol–water partition coefficient (Wildman–Crippen LogP) is 2.42. The standard InChI is InChI=1S/C12H8ClF3N4O2/c13-6-1-2-7-5(3-6)4-8(22-7)9(21)17-11-18-10(19-20-11)12(14,15)16/h1-3,8H,4H2,(H2,17,18,19,20,21). The molecule has 3 rings (SSSR count). The van der Waals surface area contributed by atoms with Gasteiger partial charge in [0, 0.05) is 11.4 Å². The summed E-state index contributed by atoms with van der Waals surface area (Å²) in [7, 11) is 0. The highest BCUT2D eigenvalue weighted by molar-refractivity contribution is 6.30. The molecule has 0 fully saturated rings. The fourth-order valence-corrected chi connectivity index (χ4v) is 2.19. The Kier molecular flexibility index (Phi) is 3.44. The molecule has 1 aliphatic heterocycles. The summed E-state index contributed by atoms with van der Waals surface area (Å²) in [6.07, 6.45) is -5.27. The summed E-state index contributed by atoms with van der Waals surface area (Å²) in [6.45, 7) is 0. The van der Waals surface area contributed by atoms with E-state index in [-0.39, 0.29) is 6.42 Å². The third-order valence-corrected chi connectivity index (χ3v) is 3.21. The highest BCUT2D eigenvalue weighted by Gasteiger charge is 2.36. The van der Waals surface area contributed by atoms with Crippen molar-refractivity contribution in [3.05, 3.63) is 34.6 Å². The highest BCUT2D eigenvalue weighted by atomic mass is 35.5. The molecule has 2 heterocycles. The lowest BCUT2D eigenvalue weighted by atomic mass is 10.1. The zero-order chi connectivity index (χ0) is 15.9. The van der Waals surface area contributed by atoms with Gasteiger partial charge in [0.1, 0.15) is 5.75 Å². The Hall–Kier alpha value is -2.29. The predicted molar refractivity (Wildman–Crippen MR) is 69.6 cm³/mol. The van der Waals surface area contributed by atoms with Crippen molar-refractivity contribution < 1.29 is 22.7 Å². The molecule has 1 amide bonds. The van der Waals surface area contributed by atoms with Crippen molar-refractivity contribution in [1.82, 2.24) is 15.2 Å². The first kappa shape index (κ1) is 14.6. The highest BCUT2D eigenvalue weighted by Crippen LogP contribution is 2.31. The monoisotopic (exact) mass is 332 g/mol. The van der Waals surface area contributed by atoms with E-state index in [1.54, 1.807) is 23.3 Å². The van der Waals surface area contributed by atoms with Gasteiger partial charge in [0.2, 0.25) is 11.8 Å². The summed E-state index contributed by atoms with van der Waals surface area (Å²) in [5.41, 5.74) is 0.749. The van der Waals surface area contributed by atoms with Crippen molar-refractivity contribution in [3.8, 4) is 5.75 Å². The average molecular weight is 333 g/mol. The number of hydrogen-bond acceptors (Lipinski definition) is 4. The summed E-state index contributed by atoms with van der Waals surface area (Å²) in [5.74, 6) is -1.88. The number of anilines is 1. The maximum Gasteiger partial charge on any atom is 0.451 e. The van der Waals surface area contributed by atoms with Gasteiger partial charge in [-0.25, -0.2) is 0 Å². The number of carbonyl (C=O) groups is 1. The van der Waals surface area contributed by atoms with Crippen molar-refractivity contribution in [2.75, 3.05) is 5.32 Å². The number of ether oxygens (including phenoxy) is 1. The molecule has 10 heteroatoms. The third-order valence-electron chi connectivity index (χ3n) is 2.98. The number of benzene rings is 1. The molecule has 2 aromatic rings. The number of fused-ring (bicyclic) bond motifs is 1. The molecule has 1 atom stereocenters. The number of amides is 1. The molecule has 1 aromatic carbocycles. The van der Waals surface area contributed by atoms with Crippen LogP contribution in [-0.2, 0) is 17.4 Å². The van der Waals surface area contributed by atoms with Gasteiger partial charge in [-0.15, -0.1) is 5.10 Å². The Balaban J connectivity index is 1.68. The van der Waals surface area contributed by atoms with E-state index >= 15 is 0 Å². The fraction of sp³-hybridized carbons (Fsp3) is 0.250. The topological polar surface area (TPSA) is 79.9 Å². The van der Waals surface area contributed by atoms with E-state index in [4.69, 9.17) is 16.3 Å². The number of hydrogen-bond donors (Lipinski definition) is 2. The van der Waals surface area contributed by atoms with Gasteiger partial charge in [0.15, 0.2) is 6.10 Å². The summed E-state index contributed by atoms with van der Waals surface area (Å²) in [5, 5.41) is 7.68. The van der Waals surface area contributed by atoms with Crippen LogP contribution in [0.25, 0.3) is 0 Å². The van der Waals surface area contributed by atoms with Crippen LogP contribution in [0, 0.1) is 0 Å². The number of nitrogens with zero attached hydrogens (tertiary/aromatic N) is 2. The maximum absolute atomic E-state index is 12.4. The van der Waals surface area contributed by atoms with Gasteiger partial charge in [0.25, 0.3) is 5.91 Å². The summed E-state index contributed by atoms with van der Waals surface area (Å²) in [6, 6.07) is 4.91. The van der Waals surface area contributed by atoms with Crippen LogP contribution in [0.3, 0.4) is 0 Å². The molecule has 0 radical (unpaired) electrons. The number of aromatic nitrogens is 3. The van der Waals surface area contributed by atoms with Gasteiger partial charge in [0.05, 0.1) is 0 Å². The minimum absolute atomic E-state index is 0.262. The van der Waals surface area contributed by atoms with Gasteiger partial charge in [-0.2, -0.15) is 18.2 Å². The van der Waals surface area contributed by atoms with Crippen LogP contribution in [0.15, 0.2) is 18.2 Å². The zero-order valence-electron chi connectivity index (χ0n) is 10.7. The lowest BCUT2D eigenvalue weighted by Gasteiger charge is -2.08. The number of carbonyl (C=O) groups excluding carboxylic acids is 1. The zero-order valence-corrected chi connectivity index (χ0v) is 11.5. The molecule has 6 nitrogen and oxygen atoms in total. The van der Waals surface area contributed by atoms with Crippen LogP contribution in [0.4, 0.5) is 19.1 Å². The number of rotatable bonds is 2. The molecule has 1 aromatic heterocycles. The smallest absolute Gasteiger partial charge is 0.451 e. The van der Waals surface area contributed by atoms with E-state index in [9.17, 15) is 18.0 Å². The van der Waals surface area contributed by atoms with Crippen molar-refractivity contribution in [1.29, 1.82) is 0 Å². The molecule has 116 valence electrons. The van der Waals surface area contributed by atoms with Crippen molar-refractivity contribution in [2.24, 2.45) is 0 Å². The van der Waals surface area contributed by atoms with Crippen molar-refractivity contribution in [3.63, 3.8) is 0 Å². The Bertz CT molecular complexity index is 731. The Morgan fingerprint density at radius 3 is 2.91 bits per heavy atom. The quantitative estimate of drug-likeness (QED) is 0.885. The van der Waals surface area contributed by atoms with Crippen LogP contribution in [0.2, 0.25) is 5.02 Å². The molecular weight excluding hydrogens is 325 g/mol. The Morgan fingerprint density at radius 2 is 2.23 bits per heavy atom. The van der Waals surface area contributed by atoms with Gasteiger partial charge >= 0.3 is 6.18 Å². The van der Waals surface area contributed by atoms with E-state index in [0.29, 0.717) is 10.8 Å². The molecule has 0 saturated carbocycles. The second-order valence-electron chi connectivity index (χ2n) is 4.56. The van der Waals surface area contributed by atoms with Gasteiger partial charge in [-0.05, 0) is 23.8 Å². The fourth-order valence-electron chi connectivity index (χ4n) is 2.00. The van der Waals surface area contributed by atoms with Crippen molar-refractivity contribution in [2.45, 2.75) is 18.7 Å². The van der Waals surface area contributed by atoms with Gasteiger partial charge in [-0.1, -0.05) is 11.6 Å². The van der Waals surface area contributed by atoms with Crippen LogP contribution >= 0.6 is 11.6 Å². The largest absolute Gasteiger partial charge is 0.480 e. The summed E-state index contributed by atoms with van der Waals surface area (Å²) < 4.78 is 42.5. The molecular formula is C12H8ClF3N4O2. The summed E-state index contributed by atoms with van der Waals surface area (Å²) >= 11 is 5.84.